The molecule has 0 saturated carbocycles. The Morgan fingerprint density at radius 2 is 1.76 bits per heavy atom. The molecule has 3 aromatic rings. The highest BCUT2D eigenvalue weighted by Gasteiger charge is 2.21. The third-order valence-corrected chi connectivity index (χ3v) is 4.08. The summed E-state index contributed by atoms with van der Waals surface area (Å²) in [7, 11) is 1.74. The third-order valence-electron chi connectivity index (χ3n) is 4.08. The van der Waals surface area contributed by atoms with Crippen molar-refractivity contribution >= 4 is 11.6 Å². The molecule has 0 aliphatic carbocycles. The summed E-state index contributed by atoms with van der Waals surface area (Å²) in [6.45, 7) is 2.00. The lowest BCUT2D eigenvalue weighted by atomic mass is 10.0. The van der Waals surface area contributed by atoms with Crippen LogP contribution in [0.5, 0.6) is 0 Å². The van der Waals surface area contributed by atoms with Crippen molar-refractivity contribution in [1.82, 2.24) is 9.55 Å². The highest BCUT2D eigenvalue weighted by Crippen LogP contribution is 2.23. The molecular weight excluding hydrogens is 316 g/mol. The van der Waals surface area contributed by atoms with E-state index in [0.29, 0.717) is 5.82 Å². The number of aryl methyl sites for hydroxylation is 1. The monoisotopic (exact) mass is 336 g/mol. The van der Waals surface area contributed by atoms with Crippen molar-refractivity contribution in [3.05, 3.63) is 76.6 Å². The Morgan fingerprint density at radius 3 is 2.40 bits per heavy atom. The number of benzene rings is 2. The Hall–Kier alpha value is -3.15. The van der Waals surface area contributed by atoms with Gasteiger partial charge in [-0.15, -0.1) is 0 Å². The molecule has 0 radical (unpaired) electrons. The highest BCUT2D eigenvalue weighted by atomic mass is 16.6. The second-order valence-corrected chi connectivity index (χ2v) is 6.10. The number of anilines is 1. The van der Waals surface area contributed by atoms with Crippen LogP contribution >= 0.6 is 0 Å². The maximum atomic E-state index is 11.0. The maximum absolute atomic E-state index is 11.0. The summed E-state index contributed by atoms with van der Waals surface area (Å²) in [5, 5.41) is 14.2. The molecule has 0 bridgehead atoms. The molecule has 0 spiro atoms. The summed E-state index contributed by atoms with van der Waals surface area (Å²) in [4.78, 5) is 14.4. The number of aromatic nitrogens is 2. The zero-order chi connectivity index (χ0) is 17.8. The lowest BCUT2D eigenvalue weighted by molar-refractivity contribution is -0.388. The minimum absolute atomic E-state index is 0.0386. The van der Waals surface area contributed by atoms with E-state index >= 15 is 0 Å². The van der Waals surface area contributed by atoms with Crippen molar-refractivity contribution in [2.45, 2.75) is 19.4 Å². The average molecular weight is 336 g/mol. The Kier molecular flexibility index (Phi) is 4.79. The normalized spacial score (nSPS) is 11.9. The van der Waals surface area contributed by atoms with Crippen LogP contribution in [0.25, 0.3) is 11.1 Å². The molecule has 128 valence electrons. The first kappa shape index (κ1) is 16.7. The van der Waals surface area contributed by atoms with Gasteiger partial charge in [0, 0.05) is 13.1 Å². The first-order valence-corrected chi connectivity index (χ1v) is 8.11. The first-order valence-electron chi connectivity index (χ1n) is 8.11. The van der Waals surface area contributed by atoms with E-state index in [-0.39, 0.29) is 11.9 Å². The molecule has 6 nitrogen and oxygen atoms in total. The summed E-state index contributed by atoms with van der Waals surface area (Å²) in [5.74, 6) is 0.284. The Bertz CT molecular complexity index is 857. The smallest absolute Gasteiger partial charge is 0.362 e. The van der Waals surface area contributed by atoms with Crippen LogP contribution in [0, 0.1) is 10.1 Å². The van der Waals surface area contributed by atoms with Crippen molar-refractivity contribution in [1.29, 1.82) is 0 Å². The van der Waals surface area contributed by atoms with Gasteiger partial charge in [-0.2, -0.15) is 0 Å². The zero-order valence-corrected chi connectivity index (χ0v) is 14.2. The Morgan fingerprint density at radius 1 is 1.12 bits per heavy atom. The number of nitrogens with zero attached hydrogens (tertiary/aromatic N) is 3. The van der Waals surface area contributed by atoms with Crippen LogP contribution in [0.1, 0.15) is 12.5 Å². The fourth-order valence-electron chi connectivity index (χ4n) is 2.82. The molecule has 6 heteroatoms. The van der Waals surface area contributed by atoms with Crippen LogP contribution < -0.4 is 5.32 Å². The highest BCUT2D eigenvalue weighted by molar-refractivity contribution is 5.63. The summed E-state index contributed by atoms with van der Waals surface area (Å²) in [5.41, 5.74) is 3.53. The van der Waals surface area contributed by atoms with Crippen molar-refractivity contribution in [3.63, 3.8) is 0 Å². The van der Waals surface area contributed by atoms with Crippen LogP contribution in [-0.4, -0.2) is 20.5 Å². The standard InChI is InChI=1S/C19H20N4O2/c1-14(21-19-18(23(24)25)20-13-22(19)2)12-15-8-10-17(11-9-15)16-6-4-3-5-7-16/h3-11,13-14,21H,12H2,1-2H3/t14-/m0/s1. The predicted molar refractivity (Wildman–Crippen MR) is 98.5 cm³/mol. The molecule has 0 aliphatic heterocycles. The van der Waals surface area contributed by atoms with Crippen molar-refractivity contribution < 1.29 is 4.92 Å². The lowest BCUT2D eigenvalue weighted by Crippen LogP contribution is -2.20. The number of hydrogen-bond acceptors (Lipinski definition) is 4. The van der Waals surface area contributed by atoms with E-state index in [1.54, 1.807) is 11.6 Å². The van der Waals surface area contributed by atoms with Gasteiger partial charge in [0.2, 0.25) is 12.1 Å². The van der Waals surface area contributed by atoms with E-state index in [4.69, 9.17) is 0 Å². The molecule has 0 fully saturated rings. The van der Waals surface area contributed by atoms with Gasteiger partial charge in [0.25, 0.3) is 0 Å². The molecule has 25 heavy (non-hydrogen) atoms. The SMILES string of the molecule is C[C@@H](Cc1ccc(-c2ccccc2)cc1)Nc1c([N+](=O)[O-])ncn1C. The van der Waals surface area contributed by atoms with Gasteiger partial charge in [0.1, 0.15) is 0 Å². The zero-order valence-electron chi connectivity index (χ0n) is 14.2. The van der Waals surface area contributed by atoms with Crippen molar-refractivity contribution in [2.75, 3.05) is 5.32 Å². The maximum Gasteiger partial charge on any atom is 0.406 e. The lowest BCUT2D eigenvalue weighted by Gasteiger charge is -2.15. The van der Waals surface area contributed by atoms with Crippen LogP contribution in [0.4, 0.5) is 11.6 Å². The molecule has 0 unspecified atom stereocenters. The quantitative estimate of drug-likeness (QED) is 0.545. The van der Waals surface area contributed by atoms with Gasteiger partial charge >= 0.3 is 5.82 Å². The number of imidazole rings is 1. The summed E-state index contributed by atoms with van der Waals surface area (Å²) in [6.07, 6.45) is 2.21. The Balaban J connectivity index is 1.68. The Labute approximate surface area is 146 Å². The van der Waals surface area contributed by atoms with Gasteiger partial charge in [0.05, 0.1) is 0 Å². The topological polar surface area (TPSA) is 73.0 Å². The van der Waals surface area contributed by atoms with Crippen LogP contribution in [0.3, 0.4) is 0 Å². The second-order valence-electron chi connectivity index (χ2n) is 6.10. The molecule has 1 aromatic heterocycles. The van der Waals surface area contributed by atoms with Crippen LogP contribution in [-0.2, 0) is 13.5 Å². The number of hydrogen-bond donors (Lipinski definition) is 1. The van der Waals surface area contributed by atoms with E-state index in [1.807, 2.05) is 25.1 Å². The largest absolute Gasteiger partial charge is 0.406 e. The van der Waals surface area contributed by atoms with E-state index in [1.165, 1.54) is 23.0 Å². The summed E-state index contributed by atoms with van der Waals surface area (Å²) in [6, 6.07) is 18.7. The van der Waals surface area contributed by atoms with E-state index < -0.39 is 4.92 Å². The average Bonchev–Trinajstić information content (AvgIpc) is 2.97. The van der Waals surface area contributed by atoms with Crippen molar-refractivity contribution in [3.8, 4) is 11.1 Å². The van der Waals surface area contributed by atoms with Gasteiger partial charge in [-0.25, -0.2) is 0 Å². The number of nitrogens with one attached hydrogen (secondary N) is 1. The molecular formula is C19H20N4O2. The van der Waals surface area contributed by atoms with Crippen LogP contribution in [0.15, 0.2) is 60.9 Å². The minimum atomic E-state index is -0.469. The van der Waals surface area contributed by atoms with Gasteiger partial charge in [-0.3, -0.25) is 4.57 Å². The van der Waals surface area contributed by atoms with Gasteiger partial charge in [-0.05, 0) is 39.9 Å². The molecule has 0 saturated heterocycles. The molecule has 2 aromatic carbocycles. The minimum Gasteiger partial charge on any atom is -0.362 e. The predicted octanol–water partition coefficient (Wildman–Crippen LogP) is 4.04. The third kappa shape index (κ3) is 3.85. The van der Waals surface area contributed by atoms with E-state index in [2.05, 4.69) is 46.7 Å². The molecule has 1 N–H and O–H groups in total. The van der Waals surface area contributed by atoms with E-state index in [9.17, 15) is 10.1 Å². The van der Waals surface area contributed by atoms with Crippen LogP contribution in [0.2, 0.25) is 0 Å². The summed E-state index contributed by atoms with van der Waals surface area (Å²) < 4.78 is 1.63. The van der Waals surface area contributed by atoms with E-state index in [0.717, 1.165) is 6.42 Å². The fraction of sp³-hybridized carbons (Fsp3) is 0.211. The second kappa shape index (κ2) is 7.17. The molecule has 0 amide bonds. The fourth-order valence-corrected chi connectivity index (χ4v) is 2.82. The van der Waals surface area contributed by atoms with Crippen molar-refractivity contribution in [2.24, 2.45) is 7.05 Å². The molecule has 1 atom stereocenters. The van der Waals surface area contributed by atoms with Gasteiger partial charge in [0.15, 0.2) is 0 Å². The van der Waals surface area contributed by atoms with Gasteiger partial charge in [-0.1, -0.05) is 54.6 Å². The molecule has 0 aliphatic rings. The number of nitro groups is 1. The summed E-state index contributed by atoms with van der Waals surface area (Å²) >= 11 is 0. The number of rotatable bonds is 6. The molecule has 3 rings (SSSR count). The first-order chi connectivity index (χ1) is 12.0. The molecule has 1 heterocycles. The van der Waals surface area contributed by atoms with Gasteiger partial charge < -0.3 is 15.4 Å².